The van der Waals surface area contributed by atoms with Crippen LogP contribution < -0.4 is 0 Å². The molecule has 14 heavy (non-hydrogen) atoms. The topological polar surface area (TPSA) is 20.2 Å². The van der Waals surface area contributed by atoms with Gasteiger partial charge in [-0.2, -0.15) is 0 Å². The molecule has 1 fully saturated rings. The van der Waals surface area contributed by atoms with Crippen LogP contribution in [0.4, 0.5) is 0 Å². The van der Waals surface area contributed by atoms with E-state index in [1.54, 1.807) is 0 Å². The highest BCUT2D eigenvalue weighted by Crippen LogP contribution is 2.49. The molecule has 0 bridgehead atoms. The van der Waals surface area contributed by atoms with Crippen LogP contribution in [0.25, 0.3) is 0 Å². The predicted octanol–water partition coefficient (Wildman–Crippen LogP) is 2.63. The molecule has 1 saturated carbocycles. The summed E-state index contributed by atoms with van der Waals surface area (Å²) >= 11 is 0. The van der Waals surface area contributed by atoms with Crippen molar-refractivity contribution in [2.45, 2.75) is 43.6 Å². The van der Waals surface area contributed by atoms with E-state index in [9.17, 15) is 5.11 Å². The van der Waals surface area contributed by atoms with Crippen LogP contribution in [0.1, 0.15) is 42.7 Å². The van der Waals surface area contributed by atoms with E-state index >= 15 is 0 Å². The molecule has 0 heterocycles. The number of hydrogen-bond donors (Lipinski definition) is 1. The summed E-state index contributed by atoms with van der Waals surface area (Å²) in [5.41, 5.74) is 2.39. The van der Waals surface area contributed by atoms with Crippen LogP contribution in [0.2, 0.25) is 0 Å². The van der Waals surface area contributed by atoms with E-state index in [-0.39, 0.29) is 0 Å². The van der Waals surface area contributed by atoms with Crippen molar-refractivity contribution >= 4 is 0 Å². The summed E-state index contributed by atoms with van der Waals surface area (Å²) in [4.78, 5) is 0. The van der Waals surface area contributed by atoms with Crippen LogP contribution in [-0.4, -0.2) is 10.7 Å². The average molecular weight is 188 g/mol. The molecule has 1 aromatic rings. The Bertz CT molecular complexity index is 358. The molecule has 0 aliphatic heterocycles. The molecule has 2 aliphatic rings. The highest BCUT2D eigenvalue weighted by atomic mass is 16.3. The molecule has 2 unspecified atom stereocenters. The van der Waals surface area contributed by atoms with Crippen LogP contribution >= 0.6 is 0 Å². The van der Waals surface area contributed by atoms with E-state index in [0.717, 1.165) is 12.8 Å². The smallest absolute Gasteiger partial charge is 0.0756 e. The number of hydrogen-bond acceptors (Lipinski definition) is 1. The Morgan fingerprint density at radius 1 is 1.21 bits per heavy atom. The number of rotatable bonds is 0. The summed E-state index contributed by atoms with van der Waals surface area (Å²) in [6.45, 7) is 0. The lowest BCUT2D eigenvalue weighted by molar-refractivity contribution is -0.00490. The summed E-state index contributed by atoms with van der Waals surface area (Å²) in [6, 6.07) is 8.55. The van der Waals surface area contributed by atoms with Gasteiger partial charge >= 0.3 is 0 Å². The van der Waals surface area contributed by atoms with Crippen molar-refractivity contribution in [3.05, 3.63) is 35.4 Å². The van der Waals surface area contributed by atoms with Crippen LogP contribution in [0, 0.1) is 0 Å². The van der Waals surface area contributed by atoms with Crippen molar-refractivity contribution in [3.8, 4) is 0 Å². The standard InChI is InChI=1S/C13H16O/c14-13-8-4-3-7-12(13)11-6-2-1-5-10(11)9-13/h1-2,5-6,12,14H,3-4,7-9H2. The molecule has 74 valence electrons. The zero-order valence-corrected chi connectivity index (χ0v) is 8.37. The third kappa shape index (κ3) is 1.05. The monoisotopic (exact) mass is 188 g/mol. The van der Waals surface area contributed by atoms with E-state index in [0.29, 0.717) is 5.92 Å². The normalized spacial score (nSPS) is 35.1. The second-order valence-electron chi connectivity index (χ2n) is 4.78. The van der Waals surface area contributed by atoms with Crippen molar-refractivity contribution in [2.24, 2.45) is 0 Å². The number of benzene rings is 1. The molecule has 2 aliphatic carbocycles. The number of aliphatic hydroxyl groups is 1. The summed E-state index contributed by atoms with van der Waals surface area (Å²) in [6.07, 6.45) is 5.52. The van der Waals surface area contributed by atoms with E-state index in [1.807, 2.05) is 0 Å². The van der Waals surface area contributed by atoms with E-state index in [1.165, 1.54) is 30.4 Å². The molecule has 0 spiro atoms. The van der Waals surface area contributed by atoms with Crippen LogP contribution in [-0.2, 0) is 6.42 Å². The molecule has 1 aromatic carbocycles. The van der Waals surface area contributed by atoms with Gasteiger partial charge in [0, 0.05) is 12.3 Å². The van der Waals surface area contributed by atoms with E-state index < -0.39 is 5.60 Å². The molecule has 0 saturated heterocycles. The highest BCUT2D eigenvalue weighted by Gasteiger charge is 2.45. The van der Waals surface area contributed by atoms with Gasteiger partial charge in [-0.1, -0.05) is 37.1 Å². The van der Waals surface area contributed by atoms with Crippen LogP contribution in [0.15, 0.2) is 24.3 Å². The molecule has 0 aromatic heterocycles. The van der Waals surface area contributed by atoms with Crippen molar-refractivity contribution in [1.29, 1.82) is 0 Å². The first-order chi connectivity index (χ1) is 6.80. The van der Waals surface area contributed by atoms with Gasteiger partial charge < -0.3 is 5.11 Å². The van der Waals surface area contributed by atoms with Gasteiger partial charge in [0.05, 0.1) is 5.60 Å². The Morgan fingerprint density at radius 3 is 3.00 bits per heavy atom. The first-order valence-corrected chi connectivity index (χ1v) is 5.60. The quantitative estimate of drug-likeness (QED) is 0.663. The van der Waals surface area contributed by atoms with Crippen molar-refractivity contribution in [1.82, 2.24) is 0 Å². The fourth-order valence-electron chi connectivity index (χ4n) is 3.24. The fraction of sp³-hybridized carbons (Fsp3) is 0.538. The van der Waals surface area contributed by atoms with Gasteiger partial charge in [-0.05, 0) is 24.0 Å². The van der Waals surface area contributed by atoms with Gasteiger partial charge in [-0.3, -0.25) is 0 Å². The Labute approximate surface area is 84.8 Å². The maximum Gasteiger partial charge on any atom is 0.0756 e. The van der Waals surface area contributed by atoms with Gasteiger partial charge in [0.25, 0.3) is 0 Å². The maximum atomic E-state index is 10.5. The summed E-state index contributed by atoms with van der Waals surface area (Å²) in [5, 5.41) is 10.5. The first kappa shape index (κ1) is 8.49. The van der Waals surface area contributed by atoms with Gasteiger partial charge in [0.15, 0.2) is 0 Å². The molecule has 1 nitrogen and oxygen atoms in total. The predicted molar refractivity (Wildman–Crippen MR) is 56.3 cm³/mol. The second kappa shape index (κ2) is 2.83. The minimum Gasteiger partial charge on any atom is -0.389 e. The SMILES string of the molecule is OC12CCCCC1c1ccccc1C2. The molecule has 0 amide bonds. The Morgan fingerprint density at radius 2 is 2.07 bits per heavy atom. The Balaban J connectivity index is 2.07. The molecular formula is C13H16O. The van der Waals surface area contributed by atoms with Crippen molar-refractivity contribution < 1.29 is 5.11 Å². The summed E-state index contributed by atoms with van der Waals surface area (Å²) in [5.74, 6) is 0.424. The third-order valence-corrected chi connectivity index (χ3v) is 3.93. The molecular weight excluding hydrogens is 172 g/mol. The fourth-order valence-corrected chi connectivity index (χ4v) is 3.24. The van der Waals surface area contributed by atoms with Gasteiger partial charge in [0.1, 0.15) is 0 Å². The second-order valence-corrected chi connectivity index (χ2v) is 4.78. The van der Waals surface area contributed by atoms with Gasteiger partial charge in [-0.25, -0.2) is 0 Å². The molecule has 3 rings (SSSR count). The first-order valence-electron chi connectivity index (χ1n) is 5.60. The Kier molecular flexibility index (Phi) is 1.72. The highest BCUT2D eigenvalue weighted by molar-refractivity contribution is 5.40. The largest absolute Gasteiger partial charge is 0.389 e. The van der Waals surface area contributed by atoms with E-state index in [4.69, 9.17) is 0 Å². The van der Waals surface area contributed by atoms with Gasteiger partial charge in [-0.15, -0.1) is 0 Å². The zero-order chi connectivity index (χ0) is 9.60. The van der Waals surface area contributed by atoms with Crippen molar-refractivity contribution in [3.63, 3.8) is 0 Å². The van der Waals surface area contributed by atoms with Crippen LogP contribution in [0.5, 0.6) is 0 Å². The van der Waals surface area contributed by atoms with Crippen molar-refractivity contribution in [2.75, 3.05) is 0 Å². The van der Waals surface area contributed by atoms with Gasteiger partial charge in [0.2, 0.25) is 0 Å². The lowest BCUT2D eigenvalue weighted by Crippen LogP contribution is -2.36. The lowest BCUT2D eigenvalue weighted by Gasteiger charge is -2.34. The minimum atomic E-state index is -0.401. The molecule has 2 atom stereocenters. The maximum absolute atomic E-state index is 10.5. The Hall–Kier alpha value is -0.820. The van der Waals surface area contributed by atoms with Crippen LogP contribution in [0.3, 0.4) is 0 Å². The average Bonchev–Trinajstić information content (AvgIpc) is 2.49. The molecule has 1 N–H and O–H groups in total. The molecule has 0 radical (unpaired) electrons. The molecule has 1 heteroatoms. The third-order valence-electron chi connectivity index (χ3n) is 3.93. The summed E-state index contributed by atoms with van der Waals surface area (Å²) in [7, 11) is 0. The minimum absolute atomic E-state index is 0.401. The summed E-state index contributed by atoms with van der Waals surface area (Å²) < 4.78 is 0. The number of fused-ring (bicyclic) bond motifs is 3. The lowest BCUT2D eigenvalue weighted by atomic mass is 9.76. The zero-order valence-electron chi connectivity index (χ0n) is 8.37. The van der Waals surface area contributed by atoms with E-state index in [2.05, 4.69) is 24.3 Å².